The van der Waals surface area contributed by atoms with Gasteiger partial charge in [-0.3, -0.25) is 14.9 Å². The van der Waals surface area contributed by atoms with Crippen molar-refractivity contribution in [3.8, 4) is 0 Å². The second-order valence-electron chi connectivity index (χ2n) is 6.70. The molecule has 0 amide bonds. The van der Waals surface area contributed by atoms with Crippen molar-refractivity contribution >= 4 is 5.96 Å². The Morgan fingerprint density at radius 2 is 2.00 bits per heavy atom. The number of nitrogens with one attached hydrogen (secondary N) is 2. The lowest BCUT2D eigenvalue weighted by molar-refractivity contribution is 0.245. The molecule has 3 rings (SSSR count). The molecule has 26 heavy (non-hydrogen) atoms. The minimum atomic E-state index is 0.560. The summed E-state index contributed by atoms with van der Waals surface area (Å²) in [4.78, 5) is 11.3. The predicted octanol–water partition coefficient (Wildman–Crippen LogP) is 2.45. The maximum atomic E-state index is 4.35. The fourth-order valence-electron chi connectivity index (χ4n) is 3.44. The number of nitrogens with zero attached hydrogens (tertiary/aromatic N) is 3. The van der Waals surface area contributed by atoms with E-state index in [2.05, 4.69) is 61.9 Å². The van der Waals surface area contributed by atoms with Crippen molar-refractivity contribution < 1.29 is 0 Å². The maximum Gasteiger partial charge on any atom is 0.191 e. The van der Waals surface area contributed by atoms with Crippen molar-refractivity contribution in [2.45, 2.75) is 31.8 Å². The van der Waals surface area contributed by atoms with E-state index < -0.39 is 0 Å². The summed E-state index contributed by atoms with van der Waals surface area (Å²) in [5.41, 5.74) is 2.48. The van der Waals surface area contributed by atoms with Crippen molar-refractivity contribution in [3.63, 3.8) is 0 Å². The third kappa shape index (κ3) is 5.56. The highest BCUT2D eigenvalue weighted by atomic mass is 15.2. The number of hydrogen-bond acceptors (Lipinski definition) is 3. The fourth-order valence-corrected chi connectivity index (χ4v) is 3.44. The summed E-state index contributed by atoms with van der Waals surface area (Å²) >= 11 is 0. The number of benzene rings is 1. The number of pyridine rings is 1. The normalized spacial score (nSPS) is 18.0. The molecule has 1 unspecified atom stereocenters. The average Bonchev–Trinajstić information content (AvgIpc) is 3.13. The van der Waals surface area contributed by atoms with Gasteiger partial charge in [0.25, 0.3) is 0 Å². The number of aliphatic imine (C=N–C) groups is 1. The Morgan fingerprint density at radius 3 is 2.77 bits per heavy atom. The van der Waals surface area contributed by atoms with Crippen LogP contribution in [0, 0.1) is 0 Å². The first kappa shape index (κ1) is 18.4. The van der Waals surface area contributed by atoms with Gasteiger partial charge in [-0.2, -0.15) is 0 Å². The molecule has 138 valence electrons. The van der Waals surface area contributed by atoms with Crippen molar-refractivity contribution in [3.05, 3.63) is 66.0 Å². The van der Waals surface area contributed by atoms with E-state index in [9.17, 15) is 0 Å². The molecular formula is C21H29N5. The molecule has 1 saturated heterocycles. The Hall–Kier alpha value is -2.40. The molecule has 0 aliphatic carbocycles. The molecule has 1 aliphatic heterocycles. The van der Waals surface area contributed by atoms with Crippen molar-refractivity contribution in [1.82, 2.24) is 20.5 Å². The molecule has 0 spiro atoms. The number of hydrogen-bond donors (Lipinski definition) is 2. The zero-order chi connectivity index (χ0) is 18.0. The number of rotatable bonds is 7. The minimum Gasteiger partial charge on any atom is -0.356 e. The molecule has 2 heterocycles. The van der Waals surface area contributed by atoms with E-state index in [1.807, 2.05) is 25.4 Å². The van der Waals surface area contributed by atoms with Gasteiger partial charge in [0.2, 0.25) is 0 Å². The smallest absolute Gasteiger partial charge is 0.191 e. The van der Waals surface area contributed by atoms with Crippen LogP contribution >= 0.6 is 0 Å². The standard InChI is InChI=1S/C21H29N5/c1-22-21(24-14-12-19-10-5-6-13-23-19)25-16-20-11-7-15-26(20)17-18-8-3-2-4-9-18/h2-6,8-10,13,20H,7,11-12,14-17H2,1H3,(H2,22,24,25). The molecule has 0 bridgehead atoms. The van der Waals surface area contributed by atoms with Crippen LogP contribution in [0.5, 0.6) is 0 Å². The van der Waals surface area contributed by atoms with Crippen molar-refractivity contribution in [2.75, 3.05) is 26.7 Å². The van der Waals surface area contributed by atoms with E-state index in [4.69, 9.17) is 0 Å². The van der Waals surface area contributed by atoms with E-state index in [0.29, 0.717) is 6.04 Å². The number of aromatic nitrogens is 1. The Balaban J connectivity index is 1.42. The van der Waals surface area contributed by atoms with Crippen LogP contribution in [0.3, 0.4) is 0 Å². The molecule has 1 aromatic heterocycles. The van der Waals surface area contributed by atoms with Crippen LogP contribution in [0.15, 0.2) is 59.7 Å². The van der Waals surface area contributed by atoms with Crippen molar-refractivity contribution in [2.24, 2.45) is 4.99 Å². The van der Waals surface area contributed by atoms with E-state index in [1.165, 1.54) is 24.9 Å². The first-order valence-electron chi connectivity index (χ1n) is 9.47. The fraction of sp³-hybridized carbons (Fsp3) is 0.429. The monoisotopic (exact) mass is 351 g/mol. The highest BCUT2D eigenvalue weighted by Crippen LogP contribution is 2.19. The zero-order valence-corrected chi connectivity index (χ0v) is 15.6. The van der Waals surface area contributed by atoms with Gasteiger partial charge in [-0.05, 0) is 37.1 Å². The molecular weight excluding hydrogens is 322 g/mol. The number of guanidine groups is 1. The van der Waals surface area contributed by atoms with Crippen LogP contribution in [-0.4, -0.2) is 48.6 Å². The van der Waals surface area contributed by atoms with Gasteiger partial charge >= 0.3 is 0 Å². The highest BCUT2D eigenvalue weighted by Gasteiger charge is 2.24. The van der Waals surface area contributed by atoms with E-state index in [-0.39, 0.29) is 0 Å². The Labute approximate surface area is 156 Å². The summed E-state index contributed by atoms with van der Waals surface area (Å²) in [6.45, 7) is 3.96. The summed E-state index contributed by atoms with van der Waals surface area (Å²) < 4.78 is 0. The van der Waals surface area contributed by atoms with Crippen LogP contribution in [0.2, 0.25) is 0 Å². The number of likely N-dealkylation sites (tertiary alicyclic amines) is 1. The molecule has 2 N–H and O–H groups in total. The lowest BCUT2D eigenvalue weighted by Gasteiger charge is -2.25. The minimum absolute atomic E-state index is 0.560. The summed E-state index contributed by atoms with van der Waals surface area (Å²) in [7, 11) is 1.83. The van der Waals surface area contributed by atoms with Crippen LogP contribution in [0.1, 0.15) is 24.1 Å². The molecule has 0 saturated carbocycles. The lowest BCUT2D eigenvalue weighted by atomic mass is 10.2. The first-order chi connectivity index (χ1) is 12.8. The molecule has 5 nitrogen and oxygen atoms in total. The second-order valence-corrected chi connectivity index (χ2v) is 6.70. The Morgan fingerprint density at radius 1 is 1.15 bits per heavy atom. The molecule has 1 fully saturated rings. The van der Waals surface area contributed by atoms with Gasteiger partial charge < -0.3 is 10.6 Å². The van der Waals surface area contributed by atoms with Gasteiger partial charge in [-0.25, -0.2) is 0 Å². The molecule has 2 aromatic rings. The highest BCUT2D eigenvalue weighted by molar-refractivity contribution is 5.79. The van der Waals surface area contributed by atoms with Gasteiger partial charge in [-0.1, -0.05) is 36.4 Å². The van der Waals surface area contributed by atoms with E-state index >= 15 is 0 Å². The average molecular weight is 351 g/mol. The van der Waals surface area contributed by atoms with Crippen LogP contribution < -0.4 is 10.6 Å². The van der Waals surface area contributed by atoms with Gasteiger partial charge in [0.05, 0.1) is 0 Å². The summed E-state index contributed by atoms with van der Waals surface area (Å²) in [6.07, 6.45) is 5.24. The molecule has 1 aliphatic rings. The van der Waals surface area contributed by atoms with Gasteiger partial charge in [0.15, 0.2) is 5.96 Å². The maximum absolute atomic E-state index is 4.35. The third-order valence-corrected chi connectivity index (χ3v) is 4.86. The van der Waals surface area contributed by atoms with Crippen LogP contribution in [0.4, 0.5) is 0 Å². The lowest BCUT2D eigenvalue weighted by Crippen LogP contribution is -2.45. The quantitative estimate of drug-likeness (QED) is 0.594. The van der Waals surface area contributed by atoms with E-state index in [1.54, 1.807) is 0 Å². The molecule has 5 heteroatoms. The SMILES string of the molecule is CN=C(NCCc1ccccn1)NCC1CCCN1Cc1ccccc1. The van der Waals surface area contributed by atoms with Crippen LogP contribution in [-0.2, 0) is 13.0 Å². The largest absolute Gasteiger partial charge is 0.356 e. The van der Waals surface area contributed by atoms with Crippen molar-refractivity contribution in [1.29, 1.82) is 0 Å². The van der Waals surface area contributed by atoms with Gasteiger partial charge in [0.1, 0.15) is 0 Å². The van der Waals surface area contributed by atoms with E-state index in [0.717, 1.165) is 37.7 Å². The third-order valence-electron chi connectivity index (χ3n) is 4.86. The zero-order valence-electron chi connectivity index (χ0n) is 15.6. The second kappa shape index (κ2) is 9.92. The molecule has 1 atom stereocenters. The first-order valence-corrected chi connectivity index (χ1v) is 9.47. The summed E-state index contributed by atoms with van der Waals surface area (Å²) in [6, 6.07) is 17.3. The topological polar surface area (TPSA) is 52.6 Å². The van der Waals surface area contributed by atoms with Crippen LogP contribution in [0.25, 0.3) is 0 Å². The summed E-state index contributed by atoms with van der Waals surface area (Å²) in [5, 5.41) is 6.88. The Bertz CT molecular complexity index is 671. The predicted molar refractivity (Wildman–Crippen MR) is 107 cm³/mol. The molecule has 1 aromatic carbocycles. The Kier molecular flexibility index (Phi) is 7.02. The summed E-state index contributed by atoms with van der Waals surface area (Å²) in [5.74, 6) is 0.868. The van der Waals surface area contributed by atoms with Gasteiger partial charge in [-0.15, -0.1) is 0 Å². The molecule has 0 radical (unpaired) electrons. The van der Waals surface area contributed by atoms with Gasteiger partial charge in [0, 0.05) is 51.0 Å².